The Bertz CT molecular complexity index is 702. The van der Waals surface area contributed by atoms with Crippen LogP contribution in [0.4, 0.5) is 0 Å². The molecule has 2 aliphatic carbocycles. The summed E-state index contributed by atoms with van der Waals surface area (Å²) in [6.07, 6.45) is 9.34. The maximum atomic E-state index is 2.40. The fourth-order valence-electron chi connectivity index (χ4n) is 3.99. The smallest absolute Gasteiger partial charge is 1.00 e. The molecule has 2 heteroatoms. The Morgan fingerprint density at radius 2 is 1.09 bits per heavy atom. The van der Waals surface area contributed by atoms with E-state index in [9.17, 15) is 0 Å². The van der Waals surface area contributed by atoms with Crippen molar-refractivity contribution in [2.75, 3.05) is 0 Å². The molecule has 0 N–H and O–H groups in total. The Morgan fingerprint density at radius 3 is 1.52 bits per heavy atom. The molecule has 2 aromatic carbocycles. The predicted octanol–water partition coefficient (Wildman–Crippen LogP) is -0.133. The van der Waals surface area contributed by atoms with Crippen molar-refractivity contribution in [2.45, 2.75) is 25.7 Å². The number of hydrogen-bond donors (Lipinski definition) is 0. The van der Waals surface area contributed by atoms with Crippen molar-refractivity contribution in [1.82, 2.24) is 0 Å². The molecule has 0 aliphatic heterocycles. The van der Waals surface area contributed by atoms with Crippen molar-refractivity contribution in [3.05, 3.63) is 82.9 Å². The van der Waals surface area contributed by atoms with Gasteiger partial charge in [-0.3, -0.25) is 0 Å². The molecule has 23 heavy (non-hydrogen) atoms. The molecule has 0 fully saturated rings. The molecule has 0 heterocycles. The standard InChI is InChI=1S/C21H20.2Li.2H/c1-21(2,19-13-11-15-7-3-5-9-17(15)19)20-14-12-16-8-4-6-10-18(16)20;;;;/h3-14,19-20H,1-2H3;;;;/q;2*+1;2*-1. The third-order valence-electron chi connectivity index (χ3n) is 5.20. The number of allylic oxidation sites excluding steroid dienone is 2. The van der Waals surface area contributed by atoms with Crippen molar-refractivity contribution in [2.24, 2.45) is 5.41 Å². The van der Waals surface area contributed by atoms with Gasteiger partial charge in [0.15, 0.2) is 0 Å². The van der Waals surface area contributed by atoms with Gasteiger partial charge in [0.05, 0.1) is 0 Å². The first-order valence-electron chi connectivity index (χ1n) is 7.72. The van der Waals surface area contributed by atoms with Crippen LogP contribution in [-0.2, 0) is 0 Å². The number of rotatable bonds is 2. The molecule has 0 aromatic heterocycles. The van der Waals surface area contributed by atoms with Gasteiger partial charge < -0.3 is 2.85 Å². The average molecular weight is 288 g/mol. The van der Waals surface area contributed by atoms with E-state index in [1.54, 1.807) is 0 Å². The fourth-order valence-corrected chi connectivity index (χ4v) is 3.99. The number of fused-ring (bicyclic) bond motifs is 2. The summed E-state index contributed by atoms with van der Waals surface area (Å²) in [4.78, 5) is 0. The molecule has 2 aromatic rings. The molecule has 2 unspecified atom stereocenters. The van der Waals surface area contributed by atoms with E-state index in [2.05, 4.69) is 86.7 Å². The fraction of sp³-hybridized carbons (Fsp3) is 0.238. The summed E-state index contributed by atoms with van der Waals surface area (Å²) in [5, 5.41) is 0. The van der Waals surface area contributed by atoms with Crippen LogP contribution in [0, 0.1) is 5.41 Å². The van der Waals surface area contributed by atoms with Crippen molar-refractivity contribution < 1.29 is 40.6 Å². The first-order valence-corrected chi connectivity index (χ1v) is 7.72. The van der Waals surface area contributed by atoms with Crippen LogP contribution < -0.4 is 37.7 Å². The molecule has 0 saturated heterocycles. The average Bonchev–Trinajstić information content (AvgIpc) is 3.12. The van der Waals surface area contributed by atoms with Gasteiger partial charge in [-0.05, 0) is 27.7 Å². The third kappa shape index (κ3) is 2.95. The van der Waals surface area contributed by atoms with E-state index in [4.69, 9.17) is 0 Å². The number of hydrogen-bond acceptors (Lipinski definition) is 0. The van der Waals surface area contributed by atoms with E-state index in [1.807, 2.05) is 0 Å². The van der Waals surface area contributed by atoms with Gasteiger partial charge in [0.2, 0.25) is 0 Å². The minimum atomic E-state index is 0. The van der Waals surface area contributed by atoms with Gasteiger partial charge in [-0.25, -0.2) is 0 Å². The van der Waals surface area contributed by atoms with Crippen LogP contribution in [0.15, 0.2) is 60.7 Å². The minimum absolute atomic E-state index is 0. The maximum absolute atomic E-state index is 2.40. The van der Waals surface area contributed by atoms with E-state index >= 15 is 0 Å². The minimum Gasteiger partial charge on any atom is -1.00 e. The Kier molecular flexibility index (Phi) is 5.56. The molecule has 108 valence electrons. The first-order chi connectivity index (χ1) is 10.2. The van der Waals surface area contributed by atoms with Gasteiger partial charge in [0, 0.05) is 11.8 Å². The van der Waals surface area contributed by atoms with E-state index in [0.29, 0.717) is 11.8 Å². The van der Waals surface area contributed by atoms with Crippen molar-refractivity contribution >= 4 is 12.2 Å². The van der Waals surface area contributed by atoms with Gasteiger partial charge in [0.1, 0.15) is 0 Å². The van der Waals surface area contributed by atoms with Gasteiger partial charge in [-0.15, -0.1) is 0 Å². The summed E-state index contributed by atoms with van der Waals surface area (Å²) >= 11 is 0. The van der Waals surface area contributed by atoms with Crippen LogP contribution in [0.1, 0.15) is 50.8 Å². The summed E-state index contributed by atoms with van der Waals surface area (Å²) in [6.45, 7) is 4.81. The first kappa shape index (κ1) is 18.5. The summed E-state index contributed by atoms with van der Waals surface area (Å²) < 4.78 is 0. The summed E-state index contributed by atoms with van der Waals surface area (Å²) in [5.41, 5.74) is 5.88. The normalized spacial score (nSPS) is 20.4. The van der Waals surface area contributed by atoms with Gasteiger partial charge in [0.25, 0.3) is 0 Å². The molecule has 2 aliphatic rings. The van der Waals surface area contributed by atoms with Crippen molar-refractivity contribution in [1.29, 1.82) is 0 Å². The molecule has 0 amide bonds. The van der Waals surface area contributed by atoms with Gasteiger partial charge in [-0.1, -0.05) is 86.7 Å². The van der Waals surface area contributed by atoms with Crippen molar-refractivity contribution in [3.63, 3.8) is 0 Å². The molecule has 0 saturated carbocycles. The van der Waals surface area contributed by atoms with E-state index < -0.39 is 0 Å². The van der Waals surface area contributed by atoms with Crippen LogP contribution in [0.3, 0.4) is 0 Å². The Morgan fingerprint density at radius 1 is 0.696 bits per heavy atom. The van der Waals surface area contributed by atoms with Crippen LogP contribution >= 0.6 is 0 Å². The van der Waals surface area contributed by atoms with Gasteiger partial charge in [-0.2, -0.15) is 0 Å². The summed E-state index contributed by atoms with van der Waals surface area (Å²) in [5.74, 6) is 0.962. The van der Waals surface area contributed by atoms with Crippen LogP contribution in [-0.4, -0.2) is 0 Å². The number of benzene rings is 2. The molecule has 0 spiro atoms. The Balaban J connectivity index is 0.00000144. The molecule has 0 bridgehead atoms. The zero-order chi connectivity index (χ0) is 14.4. The van der Waals surface area contributed by atoms with E-state index in [1.165, 1.54) is 22.3 Å². The molecule has 0 nitrogen and oxygen atoms in total. The second kappa shape index (κ2) is 6.93. The molecular weight excluding hydrogens is 266 g/mol. The van der Waals surface area contributed by atoms with Gasteiger partial charge >= 0.3 is 37.7 Å². The topological polar surface area (TPSA) is 0 Å². The van der Waals surface area contributed by atoms with Crippen LogP contribution in [0.5, 0.6) is 0 Å². The zero-order valence-electron chi connectivity index (χ0n) is 16.6. The quantitative estimate of drug-likeness (QED) is 0.675. The molecule has 4 rings (SSSR count). The Hall–Kier alpha value is -0.885. The summed E-state index contributed by atoms with van der Waals surface area (Å²) in [6, 6.07) is 17.6. The summed E-state index contributed by atoms with van der Waals surface area (Å²) in [7, 11) is 0. The second-order valence-corrected chi connectivity index (χ2v) is 6.75. The maximum Gasteiger partial charge on any atom is 1.00 e. The van der Waals surface area contributed by atoms with E-state index in [0.717, 1.165) is 0 Å². The largest absolute Gasteiger partial charge is 1.00 e. The SMILES string of the molecule is CC(C)(C1C=Cc2ccccc21)C1C=Cc2ccccc21.[H-].[H-].[Li+].[Li+]. The molecule has 2 atom stereocenters. The molecule has 0 radical (unpaired) electrons. The van der Waals surface area contributed by atoms with Crippen LogP contribution in [0.25, 0.3) is 12.2 Å². The second-order valence-electron chi connectivity index (χ2n) is 6.75. The zero-order valence-corrected chi connectivity index (χ0v) is 14.6. The predicted molar refractivity (Wildman–Crippen MR) is 92.4 cm³/mol. The van der Waals surface area contributed by atoms with Crippen molar-refractivity contribution in [3.8, 4) is 0 Å². The molecular formula is C21H22Li2. The third-order valence-corrected chi connectivity index (χ3v) is 5.20. The monoisotopic (exact) mass is 288 g/mol. The van der Waals surface area contributed by atoms with Crippen LogP contribution in [0.2, 0.25) is 0 Å². The Labute approximate surface area is 166 Å². The van der Waals surface area contributed by atoms with E-state index in [-0.39, 0.29) is 46.0 Å².